The lowest BCUT2D eigenvalue weighted by molar-refractivity contribution is 0.300. The minimum atomic E-state index is 0.184. The van der Waals surface area contributed by atoms with Gasteiger partial charge in [-0.2, -0.15) is 0 Å². The molecule has 0 saturated heterocycles. The molecular weight excluding hydrogens is 258 g/mol. The Morgan fingerprint density at radius 3 is 2.62 bits per heavy atom. The lowest BCUT2D eigenvalue weighted by Crippen LogP contribution is -2.34. The molecule has 21 heavy (non-hydrogen) atoms. The Balaban J connectivity index is 2.09. The number of aryl methyl sites for hydroxylation is 2. The van der Waals surface area contributed by atoms with Crippen LogP contribution in [0.15, 0.2) is 24.3 Å². The summed E-state index contributed by atoms with van der Waals surface area (Å²) in [6.45, 7) is 9.90. The molecule has 1 unspecified atom stereocenters. The standard InChI is InChI=1S/C18H29N3/c1-5-13-21-15-10-7-6-9-14(15)20-17(21)12-8-11-16(19)18(2,3)4/h6-7,9-10,16H,5,8,11-13,19H2,1-4H3. The van der Waals surface area contributed by atoms with E-state index in [1.54, 1.807) is 0 Å². The van der Waals surface area contributed by atoms with Crippen LogP contribution in [0.2, 0.25) is 0 Å². The molecule has 0 amide bonds. The van der Waals surface area contributed by atoms with Crippen molar-refractivity contribution in [3.8, 4) is 0 Å². The molecule has 3 nitrogen and oxygen atoms in total. The number of benzene rings is 1. The van der Waals surface area contributed by atoms with Crippen molar-refractivity contribution in [2.75, 3.05) is 0 Å². The van der Waals surface area contributed by atoms with Crippen LogP contribution in [0.4, 0.5) is 0 Å². The number of para-hydroxylation sites is 2. The van der Waals surface area contributed by atoms with Crippen LogP contribution in [0.1, 0.15) is 52.8 Å². The molecule has 1 aromatic carbocycles. The highest BCUT2D eigenvalue weighted by Gasteiger charge is 2.20. The fourth-order valence-electron chi connectivity index (χ4n) is 2.70. The minimum absolute atomic E-state index is 0.184. The SMILES string of the molecule is CCCn1c(CCCC(N)C(C)(C)C)nc2ccccc21. The third-order valence-corrected chi connectivity index (χ3v) is 4.21. The molecular formula is C18H29N3. The Hall–Kier alpha value is -1.35. The van der Waals surface area contributed by atoms with E-state index in [9.17, 15) is 0 Å². The summed E-state index contributed by atoms with van der Waals surface area (Å²) in [4.78, 5) is 4.81. The second-order valence-electron chi connectivity index (χ2n) is 7.03. The maximum Gasteiger partial charge on any atom is 0.109 e. The largest absolute Gasteiger partial charge is 0.328 e. The van der Waals surface area contributed by atoms with E-state index >= 15 is 0 Å². The minimum Gasteiger partial charge on any atom is -0.328 e. The maximum absolute atomic E-state index is 6.26. The zero-order valence-corrected chi connectivity index (χ0v) is 13.9. The van der Waals surface area contributed by atoms with E-state index in [2.05, 4.69) is 56.5 Å². The van der Waals surface area contributed by atoms with Crippen LogP contribution in [0.5, 0.6) is 0 Å². The van der Waals surface area contributed by atoms with Gasteiger partial charge in [0.15, 0.2) is 0 Å². The molecule has 0 aliphatic rings. The summed E-state index contributed by atoms with van der Waals surface area (Å²) in [6, 6.07) is 8.68. The number of hydrogen-bond acceptors (Lipinski definition) is 2. The van der Waals surface area contributed by atoms with Crippen molar-refractivity contribution in [3.63, 3.8) is 0 Å². The zero-order valence-electron chi connectivity index (χ0n) is 13.9. The third kappa shape index (κ3) is 3.85. The molecule has 0 radical (unpaired) electrons. The first-order valence-electron chi connectivity index (χ1n) is 8.13. The molecule has 3 heteroatoms. The van der Waals surface area contributed by atoms with E-state index in [0.29, 0.717) is 0 Å². The van der Waals surface area contributed by atoms with Gasteiger partial charge in [0.2, 0.25) is 0 Å². The molecule has 116 valence electrons. The first-order valence-corrected chi connectivity index (χ1v) is 8.13. The predicted octanol–water partition coefficient (Wildman–Crippen LogP) is 4.14. The highest BCUT2D eigenvalue weighted by Crippen LogP contribution is 2.22. The lowest BCUT2D eigenvalue weighted by Gasteiger charge is -2.26. The summed E-state index contributed by atoms with van der Waals surface area (Å²) in [5, 5.41) is 0. The van der Waals surface area contributed by atoms with E-state index in [1.807, 2.05) is 0 Å². The summed E-state index contributed by atoms with van der Waals surface area (Å²) < 4.78 is 2.37. The van der Waals surface area contributed by atoms with Gasteiger partial charge in [-0.15, -0.1) is 0 Å². The molecule has 2 N–H and O–H groups in total. The van der Waals surface area contributed by atoms with E-state index in [-0.39, 0.29) is 11.5 Å². The van der Waals surface area contributed by atoms with Gasteiger partial charge in [-0.05, 0) is 36.8 Å². The van der Waals surface area contributed by atoms with Crippen LogP contribution < -0.4 is 5.73 Å². The average Bonchev–Trinajstić information content (AvgIpc) is 2.76. The van der Waals surface area contributed by atoms with Crippen molar-refractivity contribution in [1.82, 2.24) is 9.55 Å². The Bertz CT molecular complexity index is 578. The first-order chi connectivity index (χ1) is 9.93. The molecule has 1 atom stereocenters. The Morgan fingerprint density at radius 2 is 1.95 bits per heavy atom. The molecule has 0 saturated carbocycles. The number of nitrogens with two attached hydrogens (primary N) is 1. The molecule has 0 spiro atoms. The van der Waals surface area contributed by atoms with Crippen molar-refractivity contribution in [2.45, 2.75) is 66.0 Å². The highest BCUT2D eigenvalue weighted by atomic mass is 15.1. The van der Waals surface area contributed by atoms with E-state index in [0.717, 1.165) is 37.7 Å². The third-order valence-electron chi connectivity index (χ3n) is 4.21. The lowest BCUT2D eigenvalue weighted by atomic mass is 9.84. The van der Waals surface area contributed by atoms with Gasteiger partial charge in [-0.3, -0.25) is 0 Å². The van der Waals surface area contributed by atoms with Gasteiger partial charge in [0, 0.05) is 19.0 Å². The number of aromatic nitrogens is 2. The summed E-state index contributed by atoms with van der Waals surface area (Å²) in [5.74, 6) is 1.21. The molecule has 0 bridgehead atoms. The smallest absolute Gasteiger partial charge is 0.109 e. The molecule has 2 rings (SSSR count). The summed E-state index contributed by atoms with van der Waals surface area (Å²) in [6.07, 6.45) is 4.30. The van der Waals surface area contributed by atoms with Gasteiger partial charge in [-0.1, -0.05) is 39.8 Å². The normalized spacial score (nSPS) is 13.8. The van der Waals surface area contributed by atoms with Crippen LogP contribution in [-0.4, -0.2) is 15.6 Å². The van der Waals surface area contributed by atoms with Gasteiger partial charge in [0.25, 0.3) is 0 Å². The molecule has 1 aromatic heterocycles. The van der Waals surface area contributed by atoms with Crippen LogP contribution in [0, 0.1) is 5.41 Å². The Morgan fingerprint density at radius 1 is 1.24 bits per heavy atom. The molecule has 0 aliphatic heterocycles. The van der Waals surface area contributed by atoms with Crippen molar-refractivity contribution in [2.24, 2.45) is 11.1 Å². The molecule has 0 aliphatic carbocycles. The summed E-state index contributed by atoms with van der Waals surface area (Å²) >= 11 is 0. The van der Waals surface area contributed by atoms with E-state index in [1.165, 1.54) is 11.3 Å². The monoisotopic (exact) mass is 287 g/mol. The van der Waals surface area contributed by atoms with Crippen LogP contribution in [0.3, 0.4) is 0 Å². The number of hydrogen-bond donors (Lipinski definition) is 1. The topological polar surface area (TPSA) is 43.8 Å². The summed E-state index contributed by atoms with van der Waals surface area (Å²) in [7, 11) is 0. The predicted molar refractivity (Wildman–Crippen MR) is 90.4 cm³/mol. The fraction of sp³-hybridized carbons (Fsp3) is 0.611. The number of rotatable bonds is 6. The second-order valence-corrected chi connectivity index (χ2v) is 7.03. The average molecular weight is 287 g/mol. The zero-order chi connectivity index (χ0) is 15.5. The Labute approximate surface area is 128 Å². The quantitative estimate of drug-likeness (QED) is 0.867. The number of nitrogens with zero attached hydrogens (tertiary/aromatic N) is 2. The van der Waals surface area contributed by atoms with Crippen molar-refractivity contribution in [1.29, 1.82) is 0 Å². The van der Waals surface area contributed by atoms with Gasteiger partial charge >= 0.3 is 0 Å². The van der Waals surface area contributed by atoms with Crippen molar-refractivity contribution < 1.29 is 0 Å². The second kappa shape index (κ2) is 6.61. The van der Waals surface area contributed by atoms with Crippen LogP contribution >= 0.6 is 0 Å². The van der Waals surface area contributed by atoms with Crippen LogP contribution in [-0.2, 0) is 13.0 Å². The van der Waals surface area contributed by atoms with Crippen molar-refractivity contribution in [3.05, 3.63) is 30.1 Å². The van der Waals surface area contributed by atoms with E-state index in [4.69, 9.17) is 10.7 Å². The number of imidazole rings is 1. The first kappa shape index (κ1) is 16.0. The summed E-state index contributed by atoms with van der Waals surface area (Å²) in [5.41, 5.74) is 8.81. The Kier molecular flexibility index (Phi) is 5.04. The fourth-order valence-corrected chi connectivity index (χ4v) is 2.70. The van der Waals surface area contributed by atoms with Gasteiger partial charge in [-0.25, -0.2) is 4.98 Å². The van der Waals surface area contributed by atoms with Crippen molar-refractivity contribution >= 4 is 11.0 Å². The van der Waals surface area contributed by atoms with Gasteiger partial charge in [0.1, 0.15) is 5.82 Å². The molecule has 2 aromatic rings. The maximum atomic E-state index is 6.26. The van der Waals surface area contributed by atoms with E-state index < -0.39 is 0 Å². The highest BCUT2D eigenvalue weighted by molar-refractivity contribution is 5.75. The van der Waals surface area contributed by atoms with Crippen LogP contribution in [0.25, 0.3) is 11.0 Å². The van der Waals surface area contributed by atoms with Gasteiger partial charge in [0.05, 0.1) is 11.0 Å². The van der Waals surface area contributed by atoms with Gasteiger partial charge < -0.3 is 10.3 Å². The molecule has 1 heterocycles. The molecule has 0 fully saturated rings. The number of fused-ring (bicyclic) bond motifs is 1.